The summed E-state index contributed by atoms with van der Waals surface area (Å²) < 4.78 is 5.46. The monoisotopic (exact) mass is 703 g/mol. The number of aromatic nitrogens is 1. The highest BCUT2D eigenvalue weighted by molar-refractivity contribution is 6.30. The number of nitrogens with zero attached hydrogens (tertiary/aromatic N) is 3. The van der Waals surface area contributed by atoms with Crippen LogP contribution in [-0.4, -0.2) is 70.7 Å². The summed E-state index contributed by atoms with van der Waals surface area (Å²) in [4.78, 5) is 60.4. The fourth-order valence-electron chi connectivity index (χ4n) is 6.87. The minimum absolute atomic E-state index is 0.0895. The molecule has 3 aliphatic rings. The van der Waals surface area contributed by atoms with Crippen LogP contribution in [0, 0.1) is 17.8 Å². The molecule has 0 spiro atoms. The van der Waals surface area contributed by atoms with Crippen molar-refractivity contribution in [2.75, 3.05) is 30.8 Å². The lowest BCUT2D eigenvalue weighted by Gasteiger charge is -2.24. The number of carbonyl (C=O) groups excluding carboxylic acids is 4. The third kappa shape index (κ3) is 7.69. The van der Waals surface area contributed by atoms with Crippen LogP contribution in [0.2, 0.25) is 5.15 Å². The average molecular weight is 704 g/mol. The maximum Gasteiger partial charge on any atom is 0.273 e. The molecule has 3 fully saturated rings. The molecule has 1 aromatic heterocycles. The normalized spacial score (nSPS) is 18.2. The van der Waals surface area contributed by atoms with Crippen molar-refractivity contribution in [3.63, 3.8) is 0 Å². The van der Waals surface area contributed by atoms with Gasteiger partial charge in [-0.1, -0.05) is 35.6 Å². The first-order valence-corrected chi connectivity index (χ1v) is 17.7. The number of likely N-dealkylation sites (tertiary alicyclic amines) is 2. The van der Waals surface area contributed by atoms with Crippen LogP contribution in [-0.2, 0) is 14.4 Å². The van der Waals surface area contributed by atoms with E-state index in [0.29, 0.717) is 72.6 Å². The Morgan fingerprint density at radius 2 is 1.35 bits per heavy atom. The second kappa shape index (κ2) is 14.8. The third-order valence-electron chi connectivity index (χ3n) is 9.73. The number of anilines is 2. The van der Waals surface area contributed by atoms with E-state index >= 15 is 0 Å². The Hall–Kier alpha value is -5.40. The summed E-state index contributed by atoms with van der Waals surface area (Å²) in [5.74, 6) is 6.65. The van der Waals surface area contributed by atoms with Crippen LogP contribution in [0.3, 0.4) is 0 Å². The number of pyridine rings is 1. The zero-order chi connectivity index (χ0) is 35.5. The van der Waals surface area contributed by atoms with Crippen molar-refractivity contribution in [1.82, 2.24) is 14.8 Å². The molecule has 2 atom stereocenters. The SMILES string of the molecule is COc1cccc2c(C(=O)N3CCC[C@H]3C(=O)Nc3ccc(C#Cc4ccc(NC(=O)[C@@H]5CCCN5C(=O)CC5CC5)cc4)cc3)nc(Cl)cc12. The Bertz CT molecular complexity index is 2050. The van der Waals surface area contributed by atoms with Gasteiger partial charge in [0.25, 0.3) is 5.91 Å². The molecule has 4 aromatic rings. The van der Waals surface area contributed by atoms with Crippen LogP contribution in [0.25, 0.3) is 10.8 Å². The number of nitrogens with one attached hydrogen (secondary N) is 2. The Morgan fingerprint density at radius 3 is 1.92 bits per heavy atom. The lowest BCUT2D eigenvalue weighted by atomic mass is 10.1. The Morgan fingerprint density at radius 1 is 0.784 bits per heavy atom. The van der Waals surface area contributed by atoms with Crippen molar-refractivity contribution in [1.29, 1.82) is 0 Å². The molecule has 2 saturated heterocycles. The molecular weight excluding hydrogens is 666 g/mol. The van der Waals surface area contributed by atoms with E-state index in [0.717, 1.165) is 30.4 Å². The molecule has 3 heterocycles. The standard InChI is InChI=1S/C40H38ClN5O5/c1-51-34-8-2-5-30-31(34)24-35(41)44-37(30)40(50)46-22-4-7-33(46)39(49)43-29-19-15-26(16-20-29)10-9-25-13-17-28(18-14-25)42-38(48)32-6-3-21-45(32)36(47)23-27-11-12-27/h2,5,8,13-20,24,27,32-33H,3-4,6-7,11-12,21-23H2,1H3,(H,42,48)(H,43,49)/t32-,33-/m0/s1. The maximum absolute atomic E-state index is 13.7. The quantitative estimate of drug-likeness (QED) is 0.165. The van der Waals surface area contributed by atoms with Gasteiger partial charge < -0.3 is 25.2 Å². The fraction of sp³-hybridized carbons (Fsp3) is 0.325. The third-order valence-corrected chi connectivity index (χ3v) is 9.93. The number of fused-ring (bicyclic) bond motifs is 1. The smallest absolute Gasteiger partial charge is 0.273 e. The van der Waals surface area contributed by atoms with Crippen LogP contribution < -0.4 is 15.4 Å². The number of amides is 4. The number of ether oxygens (including phenoxy) is 1. The Labute approximate surface area is 301 Å². The summed E-state index contributed by atoms with van der Waals surface area (Å²) in [6, 6.07) is 20.5. The van der Waals surface area contributed by atoms with E-state index in [2.05, 4.69) is 27.5 Å². The number of halogens is 1. The van der Waals surface area contributed by atoms with Crippen molar-refractivity contribution in [3.8, 4) is 17.6 Å². The summed E-state index contributed by atoms with van der Waals surface area (Å²) >= 11 is 6.30. The van der Waals surface area contributed by atoms with Gasteiger partial charge in [-0.25, -0.2) is 4.98 Å². The van der Waals surface area contributed by atoms with Gasteiger partial charge in [0.15, 0.2) is 0 Å². The highest BCUT2D eigenvalue weighted by atomic mass is 35.5. The Balaban J connectivity index is 0.949. The summed E-state index contributed by atoms with van der Waals surface area (Å²) in [6.45, 7) is 1.07. The largest absolute Gasteiger partial charge is 0.496 e. The molecule has 0 unspecified atom stereocenters. The minimum Gasteiger partial charge on any atom is -0.496 e. The van der Waals surface area contributed by atoms with E-state index in [1.54, 1.807) is 53.3 Å². The number of rotatable bonds is 8. The van der Waals surface area contributed by atoms with Gasteiger partial charge in [-0.2, -0.15) is 0 Å². The van der Waals surface area contributed by atoms with E-state index in [-0.39, 0.29) is 34.5 Å². The van der Waals surface area contributed by atoms with E-state index in [4.69, 9.17) is 16.3 Å². The molecule has 0 bridgehead atoms. The van der Waals surface area contributed by atoms with Gasteiger partial charge in [-0.05, 0) is 105 Å². The molecule has 1 aliphatic carbocycles. The van der Waals surface area contributed by atoms with Crippen molar-refractivity contribution in [2.45, 2.75) is 57.0 Å². The van der Waals surface area contributed by atoms with Gasteiger partial charge in [0, 0.05) is 52.8 Å². The van der Waals surface area contributed by atoms with E-state index in [1.165, 1.54) is 0 Å². The van der Waals surface area contributed by atoms with Crippen LogP contribution in [0.15, 0.2) is 72.8 Å². The molecule has 51 heavy (non-hydrogen) atoms. The first-order chi connectivity index (χ1) is 24.8. The van der Waals surface area contributed by atoms with Crippen LogP contribution in [0.4, 0.5) is 11.4 Å². The van der Waals surface area contributed by atoms with Gasteiger partial charge in [0.2, 0.25) is 17.7 Å². The summed E-state index contributed by atoms with van der Waals surface area (Å²) in [5, 5.41) is 7.36. The van der Waals surface area contributed by atoms with Gasteiger partial charge in [0.1, 0.15) is 28.7 Å². The first-order valence-electron chi connectivity index (χ1n) is 17.3. The van der Waals surface area contributed by atoms with Gasteiger partial charge in [0.05, 0.1) is 7.11 Å². The number of methoxy groups -OCH3 is 1. The number of hydrogen-bond acceptors (Lipinski definition) is 6. The lowest BCUT2D eigenvalue weighted by molar-refractivity contribution is -0.136. The highest BCUT2D eigenvalue weighted by Gasteiger charge is 2.37. The van der Waals surface area contributed by atoms with Gasteiger partial charge in [-0.15, -0.1) is 0 Å². The van der Waals surface area contributed by atoms with Crippen LogP contribution >= 0.6 is 11.6 Å². The maximum atomic E-state index is 13.7. The molecule has 0 radical (unpaired) electrons. The van der Waals surface area contributed by atoms with Crippen molar-refractivity contribution >= 4 is 57.4 Å². The van der Waals surface area contributed by atoms with Crippen LogP contribution in [0.1, 0.15) is 66.6 Å². The molecule has 4 amide bonds. The van der Waals surface area contributed by atoms with Crippen molar-refractivity contribution in [2.24, 2.45) is 5.92 Å². The Kier molecular flexibility index (Phi) is 9.91. The molecule has 7 rings (SSSR count). The van der Waals surface area contributed by atoms with Crippen molar-refractivity contribution < 1.29 is 23.9 Å². The van der Waals surface area contributed by atoms with E-state index < -0.39 is 12.1 Å². The van der Waals surface area contributed by atoms with Gasteiger partial charge >= 0.3 is 0 Å². The molecule has 10 nitrogen and oxygen atoms in total. The molecule has 11 heteroatoms. The molecular formula is C40H38ClN5O5. The lowest BCUT2D eigenvalue weighted by Crippen LogP contribution is -2.43. The second-order valence-electron chi connectivity index (χ2n) is 13.3. The summed E-state index contributed by atoms with van der Waals surface area (Å²) in [7, 11) is 1.55. The fourth-order valence-corrected chi connectivity index (χ4v) is 7.06. The average Bonchev–Trinajstić information content (AvgIpc) is 3.58. The van der Waals surface area contributed by atoms with E-state index in [1.807, 2.05) is 36.4 Å². The van der Waals surface area contributed by atoms with Gasteiger partial charge in [-0.3, -0.25) is 19.2 Å². The van der Waals surface area contributed by atoms with Crippen molar-refractivity contribution in [3.05, 3.63) is 94.8 Å². The highest BCUT2D eigenvalue weighted by Crippen LogP contribution is 2.34. The zero-order valence-electron chi connectivity index (χ0n) is 28.3. The van der Waals surface area contributed by atoms with E-state index in [9.17, 15) is 19.2 Å². The number of benzene rings is 3. The first kappa shape index (κ1) is 34.1. The number of hydrogen-bond donors (Lipinski definition) is 2. The number of carbonyl (C=O) groups is 4. The predicted octanol–water partition coefficient (Wildman–Crippen LogP) is 6.27. The molecule has 260 valence electrons. The predicted molar refractivity (Wildman–Crippen MR) is 196 cm³/mol. The second-order valence-corrected chi connectivity index (χ2v) is 13.7. The van der Waals surface area contributed by atoms with Crippen LogP contribution in [0.5, 0.6) is 5.75 Å². The summed E-state index contributed by atoms with van der Waals surface area (Å²) in [5.41, 5.74) is 2.97. The molecule has 3 aromatic carbocycles. The molecule has 2 aliphatic heterocycles. The molecule has 2 N–H and O–H groups in total. The molecule has 1 saturated carbocycles. The topological polar surface area (TPSA) is 121 Å². The minimum atomic E-state index is -0.655. The zero-order valence-corrected chi connectivity index (χ0v) is 29.0. The summed E-state index contributed by atoms with van der Waals surface area (Å²) in [6.07, 6.45) is 5.52.